The molecule has 1 heterocycles. The van der Waals surface area contributed by atoms with Crippen molar-refractivity contribution in [2.75, 3.05) is 10.5 Å². The van der Waals surface area contributed by atoms with Gasteiger partial charge in [0.15, 0.2) is 0 Å². The first-order valence-electron chi connectivity index (χ1n) is 4.22. The molecule has 2 rings (SSSR count). The fourth-order valence-corrected chi connectivity index (χ4v) is 2.77. The molecule has 0 bridgehead atoms. The lowest BCUT2D eigenvalue weighted by Crippen LogP contribution is -2.13. The SMILES string of the molecule is Nc1cc(S(=O)(=O)Nc2nnns2)ccc1Cl. The maximum Gasteiger partial charge on any atom is 0.263 e. The first kappa shape index (κ1) is 12.0. The van der Waals surface area contributed by atoms with Crippen LogP contribution in [0.4, 0.5) is 10.8 Å². The Morgan fingerprint density at radius 1 is 1.41 bits per heavy atom. The number of hydrogen-bond acceptors (Lipinski definition) is 7. The van der Waals surface area contributed by atoms with Crippen LogP contribution in [0.2, 0.25) is 5.02 Å². The monoisotopic (exact) mass is 291 g/mol. The van der Waals surface area contributed by atoms with Crippen LogP contribution in [0.3, 0.4) is 0 Å². The number of nitrogens with one attached hydrogen (secondary N) is 1. The molecule has 0 spiro atoms. The molecule has 7 nitrogen and oxygen atoms in total. The smallest absolute Gasteiger partial charge is 0.263 e. The van der Waals surface area contributed by atoms with Gasteiger partial charge in [-0.3, -0.25) is 4.72 Å². The number of hydrogen-bond donors (Lipinski definition) is 2. The maximum absolute atomic E-state index is 11.9. The van der Waals surface area contributed by atoms with Gasteiger partial charge in [0.05, 0.1) is 15.6 Å². The summed E-state index contributed by atoms with van der Waals surface area (Å²) >= 11 is 6.53. The van der Waals surface area contributed by atoms with E-state index in [0.717, 1.165) is 11.5 Å². The number of benzene rings is 1. The van der Waals surface area contributed by atoms with E-state index in [9.17, 15) is 8.42 Å². The highest BCUT2D eigenvalue weighted by molar-refractivity contribution is 7.93. The highest BCUT2D eigenvalue weighted by Crippen LogP contribution is 2.23. The predicted molar refractivity (Wildman–Crippen MR) is 64.4 cm³/mol. The van der Waals surface area contributed by atoms with Gasteiger partial charge in [-0.1, -0.05) is 21.2 Å². The number of sulfonamides is 1. The Morgan fingerprint density at radius 3 is 2.76 bits per heavy atom. The molecule has 0 aliphatic heterocycles. The second-order valence-corrected chi connectivity index (χ2v) is 5.78. The topological polar surface area (TPSA) is 111 Å². The van der Waals surface area contributed by atoms with Gasteiger partial charge >= 0.3 is 0 Å². The molecule has 0 saturated heterocycles. The van der Waals surface area contributed by atoms with E-state index < -0.39 is 10.0 Å². The van der Waals surface area contributed by atoms with Crippen molar-refractivity contribution in [3.63, 3.8) is 0 Å². The molecule has 10 heteroatoms. The number of anilines is 2. The molecule has 3 N–H and O–H groups in total. The normalized spacial score (nSPS) is 11.4. The van der Waals surface area contributed by atoms with Crippen LogP contribution in [0, 0.1) is 0 Å². The summed E-state index contributed by atoms with van der Waals surface area (Å²) in [6, 6.07) is 4.01. The third kappa shape index (κ3) is 2.62. The van der Waals surface area contributed by atoms with E-state index in [1.807, 2.05) is 0 Å². The fraction of sp³-hybridized carbons (Fsp3) is 0. The quantitative estimate of drug-likeness (QED) is 0.815. The molecule has 2 aromatic rings. The molecule has 0 aliphatic carbocycles. The summed E-state index contributed by atoms with van der Waals surface area (Å²) in [5.41, 5.74) is 5.71. The fourth-order valence-electron chi connectivity index (χ4n) is 1.04. The molecule has 0 aliphatic rings. The van der Waals surface area contributed by atoms with Gasteiger partial charge in [0.2, 0.25) is 5.13 Å². The van der Waals surface area contributed by atoms with E-state index in [1.165, 1.54) is 18.2 Å². The molecule has 0 radical (unpaired) electrons. The van der Waals surface area contributed by atoms with Crippen molar-refractivity contribution in [1.29, 1.82) is 0 Å². The summed E-state index contributed by atoms with van der Waals surface area (Å²) in [4.78, 5) is -0.00500. The van der Waals surface area contributed by atoms with Gasteiger partial charge in [-0.2, -0.15) is 0 Å². The van der Waals surface area contributed by atoms with Gasteiger partial charge in [-0.25, -0.2) is 8.42 Å². The summed E-state index contributed by atoms with van der Waals surface area (Å²) in [6.45, 7) is 0. The first-order valence-corrected chi connectivity index (χ1v) is 6.85. The van der Waals surface area contributed by atoms with Gasteiger partial charge in [-0.15, -0.1) is 0 Å². The Labute approximate surface area is 106 Å². The minimum Gasteiger partial charge on any atom is -0.397 e. The number of halogens is 1. The van der Waals surface area contributed by atoms with Crippen LogP contribution in [0.1, 0.15) is 0 Å². The molecular weight excluding hydrogens is 286 g/mol. The largest absolute Gasteiger partial charge is 0.397 e. The molecule has 1 aromatic carbocycles. The summed E-state index contributed by atoms with van der Waals surface area (Å²) < 4.78 is 29.4. The lowest BCUT2D eigenvalue weighted by atomic mass is 10.3. The van der Waals surface area contributed by atoms with E-state index in [2.05, 4.69) is 19.5 Å². The highest BCUT2D eigenvalue weighted by Gasteiger charge is 2.17. The summed E-state index contributed by atoms with van der Waals surface area (Å²) in [5, 5.41) is 7.13. The van der Waals surface area contributed by atoms with Gasteiger partial charge in [0.25, 0.3) is 10.0 Å². The zero-order valence-electron chi connectivity index (χ0n) is 8.16. The van der Waals surface area contributed by atoms with Gasteiger partial charge in [-0.05, 0) is 23.4 Å². The lowest BCUT2D eigenvalue weighted by Gasteiger charge is -2.05. The molecule has 0 atom stereocenters. The average molecular weight is 292 g/mol. The van der Waals surface area contributed by atoms with E-state index in [-0.39, 0.29) is 15.7 Å². The van der Waals surface area contributed by atoms with Crippen molar-refractivity contribution in [1.82, 2.24) is 14.8 Å². The third-order valence-electron chi connectivity index (χ3n) is 1.80. The van der Waals surface area contributed by atoms with Crippen molar-refractivity contribution in [2.24, 2.45) is 0 Å². The minimum absolute atomic E-state index is 0.00500. The third-order valence-corrected chi connectivity index (χ3v) is 4.12. The second kappa shape index (κ2) is 4.43. The van der Waals surface area contributed by atoms with Crippen LogP contribution < -0.4 is 10.5 Å². The van der Waals surface area contributed by atoms with Crippen LogP contribution in [0.5, 0.6) is 0 Å². The Hall–Kier alpha value is -1.45. The summed E-state index contributed by atoms with van der Waals surface area (Å²) in [6.07, 6.45) is 0. The zero-order valence-corrected chi connectivity index (χ0v) is 10.6. The van der Waals surface area contributed by atoms with Crippen molar-refractivity contribution < 1.29 is 8.42 Å². The predicted octanol–water partition coefficient (Wildman–Crippen LogP) is 0.969. The summed E-state index contributed by atoms with van der Waals surface area (Å²) in [5.74, 6) is 0. The molecule has 0 fully saturated rings. The van der Waals surface area contributed by atoms with Crippen LogP contribution in [0.25, 0.3) is 0 Å². The van der Waals surface area contributed by atoms with Gasteiger partial charge in [0, 0.05) is 11.5 Å². The van der Waals surface area contributed by atoms with Crippen molar-refractivity contribution >= 4 is 44.0 Å². The Balaban J connectivity index is 2.35. The molecule has 90 valence electrons. The van der Waals surface area contributed by atoms with Crippen LogP contribution in [0.15, 0.2) is 23.1 Å². The summed E-state index contributed by atoms with van der Waals surface area (Å²) in [7, 11) is -3.74. The zero-order chi connectivity index (χ0) is 12.5. The van der Waals surface area contributed by atoms with Crippen molar-refractivity contribution in [2.45, 2.75) is 4.90 Å². The first-order chi connectivity index (χ1) is 7.99. The van der Waals surface area contributed by atoms with Crippen LogP contribution >= 0.6 is 23.1 Å². The van der Waals surface area contributed by atoms with E-state index in [0.29, 0.717) is 5.02 Å². The number of aromatic nitrogens is 3. The number of nitrogens with two attached hydrogens (primary N) is 1. The molecule has 0 unspecified atom stereocenters. The number of rotatable bonds is 3. The Kier molecular flexibility index (Phi) is 3.13. The Morgan fingerprint density at radius 2 is 2.18 bits per heavy atom. The second-order valence-electron chi connectivity index (χ2n) is 2.96. The lowest BCUT2D eigenvalue weighted by molar-refractivity contribution is 0.601. The Bertz CT molecular complexity index is 628. The average Bonchev–Trinajstić information content (AvgIpc) is 2.73. The van der Waals surface area contributed by atoms with Crippen molar-refractivity contribution in [3.8, 4) is 0 Å². The molecule has 0 saturated carbocycles. The molecule has 17 heavy (non-hydrogen) atoms. The van der Waals surface area contributed by atoms with E-state index >= 15 is 0 Å². The highest BCUT2D eigenvalue weighted by atomic mass is 35.5. The minimum atomic E-state index is -3.74. The number of nitrogen functional groups attached to an aromatic ring is 1. The van der Waals surface area contributed by atoms with Crippen LogP contribution in [-0.2, 0) is 10.0 Å². The van der Waals surface area contributed by atoms with Gasteiger partial charge in [0.1, 0.15) is 0 Å². The standard InChI is InChI=1S/C7H6ClN5O2S2/c8-5-2-1-4(3-6(5)9)17(14,15)11-7-10-12-13-16-7/h1-3H,9H2,(H,10,11,13). The maximum atomic E-state index is 11.9. The van der Waals surface area contributed by atoms with Crippen LogP contribution in [-0.4, -0.2) is 23.2 Å². The number of nitrogens with zero attached hydrogens (tertiary/aromatic N) is 3. The van der Waals surface area contributed by atoms with Crippen molar-refractivity contribution in [3.05, 3.63) is 23.2 Å². The molecular formula is C7H6ClN5O2S2. The van der Waals surface area contributed by atoms with Gasteiger partial charge < -0.3 is 5.73 Å². The molecule has 0 amide bonds. The molecule has 1 aromatic heterocycles. The van der Waals surface area contributed by atoms with E-state index in [4.69, 9.17) is 17.3 Å². The van der Waals surface area contributed by atoms with E-state index in [1.54, 1.807) is 0 Å².